The molecule has 7 nitrogen and oxygen atoms in total. The van der Waals surface area contributed by atoms with Gasteiger partial charge in [0, 0.05) is 6.54 Å². The van der Waals surface area contributed by atoms with Crippen LogP contribution < -0.4 is 14.2 Å². The van der Waals surface area contributed by atoms with E-state index < -0.39 is 21.1 Å². The molecule has 1 atom stereocenters. The maximum atomic E-state index is 13.7. The lowest BCUT2D eigenvalue weighted by atomic mass is 10.1. The summed E-state index contributed by atoms with van der Waals surface area (Å²) in [4.78, 5) is 14.6. The molecule has 1 amide bonds. The van der Waals surface area contributed by atoms with Crippen molar-refractivity contribution in [3.05, 3.63) is 94.4 Å². The Morgan fingerprint density at radius 1 is 0.853 bits per heavy atom. The average Bonchev–Trinajstić information content (AvgIpc) is 3.04. The van der Waals surface area contributed by atoms with Gasteiger partial charge >= 0.3 is 0 Å². The van der Waals surface area contributed by atoms with Gasteiger partial charge in [0.2, 0.25) is 15.6 Å². The van der Waals surface area contributed by atoms with E-state index in [2.05, 4.69) is 0 Å². The number of carbonyl (C=O) groups excluding carboxylic acids is 1. The van der Waals surface area contributed by atoms with Crippen LogP contribution in [0, 0.1) is 0 Å². The molecule has 0 aromatic heterocycles. The smallest absolute Gasteiger partial charge is 0.267 e. The number of ether oxygens (including phenoxy) is 3. The third kappa shape index (κ3) is 4.24. The Bertz CT molecular complexity index is 1290. The summed E-state index contributed by atoms with van der Waals surface area (Å²) >= 11 is 0. The number of benzene rings is 3. The van der Waals surface area contributed by atoms with Crippen molar-refractivity contribution < 1.29 is 27.4 Å². The molecule has 3 aromatic rings. The summed E-state index contributed by atoms with van der Waals surface area (Å²) in [5.41, 5.74) is 1.80. The van der Waals surface area contributed by atoms with Gasteiger partial charge in [0.25, 0.3) is 5.91 Å². The lowest BCUT2D eigenvalue weighted by Gasteiger charge is -2.23. The lowest BCUT2D eigenvalue weighted by Crippen LogP contribution is -2.28. The van der Waals surface area contributed by atoms with Gasteiger partial charge in [-0.1, -0.05) is 60.7 Å². The van der Waals surface area contributed by atoms with E-state index in [1.807, 2.05) is 30.3 Å². The van der Waals surface area contributed by atoms with Crippen molar-refractivity contribution >= 4 is 21.8 Å². The Morgan fingerprint density at radius 3 is 1.94 bits per heavy atom. The molecule has 8 heteroatoms. The minimum atomic E-state index is -4.03. The van der Waals surface area contributed by atoms with Crippen LogP contribution in [0.3, 0.4) is 0 Å². The molecule has 0 bridgehead atoms. The van der Waals surface area contributed by atoms with Crippen molar-refractivity contribution in [2.24, 2.45) is 0 Å². The van der Waals surface area contributed by atoms with Gasteiger partial charge < -0.3 is 19.1 Å². The first kappa shape index (κ1) is 23.4. The van der Waals surface area contributed by atoms with Crippen molar-refractivity contribution in [3.63, 3.8) is 0 Å². The van der Waals surface area contributed by atoms with Gasteiger partial charge in [-0.25, -0.2) is 8.42 Å². The number of methoxy groups -OCH3 is 3. The number of hydrogen-bond donors (Lipinski definition) is 0. The van der Waals surface area contributed by atoms with Crippen LogP contribution in [0.4, 0.5) is 0 Å². The fourth-order valence-corrected chi connectivity index (χ4v) is 5.97. The van der Waals surface area contributed by atoms with Gasteiger partial charge in [0.05, 0.1) is 21.3 Å². The molecule has 1 unspecified atom stereocenters. The number of sulfone groups is 1. The van der Waals surface area contributed by atoms with Crippen LogP contribution in [-0.2, 0) is 21.2 Å². The maximum absolute atomic E-state index is 13.7. The van der Waals surface area contributed by atoms with E-state index in [0.717, 1.165) is 5.56 Å². The highest BCUT2D eigenvalue weighted by molar-refractivity contribution is 7.97. The van der Waals surface area contributed by atoms with Crippen molar-refractivity contribution in [3.8, 4) is 17.2 Å². The average molecular weight is 480 g/mol. The third-order valence-corrected chi connectivity index (χ3v) is 7.64. The SMILES string of the molecule is COc1cc(/C=C2\C(=O)N(Cc3ccccc3)C(c3ccccc3)S2(=O)=O)cc(OC)c1OC. The minimum absolute atomic E-state index is 0.158. The first-order chi connectivity index (χ1) is 16.4. The predicted octanol–water partition coefficient (Wildman–Crippen LogP) is 4.21. The first-order valence-electron chi connectivity index (χ1n) is 10.6. The Balaban J connectivity index is 1.85. The molecule has 34 heavy (non-hydrogen) atoms. The summed E-state index contributed by atoms with van der Waals surface area (Å²) in [7, 11) is 0.396. The summed E-state index contributed by atoms with van der Waals surface area (Å²) < 4.78 is 43.5. The number of amides is 1. The normalized spacial score (nSPS) is 18.2. The minimum Gasteiger partial charge on any atom is -0.493 e. The van der Waals surface area contributed by atoms with E-state index in [0.29, 0.717) is 28.4 Å². The van der Waals surface area contributed by atoms with Gasteiger partial charge in [-0.15, -0.1) is 0 Å². The van der Waals surface area contributed by atoms with E-state index in [1.54, 1.807) is 42.5 Å². The molecule has 0 saturated carbocycles. The fraction of sp³-hybridized carbons (Fsp3) is 0.192. The molecule has 0 N–H and O–H groups in total. The Morgan fingerprint density at radius 2 is 1.41 bits per heavy atom. The maximum Gasteiger partial charge on any atom is 0.267 e. The van der Waals surface area contributed by atoms with Gasteiger partial charge in [0.15, 0.2) is 16.9 Å². The lowest BCUT2D eigenvalue weighted by molar-refractivity contribution is -0.126. The molecule has 1 heterocycles. The van der Waals surface area contributed by atoms with Crippen LogP contribution in [0.5, 0.6) is 17.2 Å². The highest BCUT2D eigenvalue weighted by atomic mass is 32.2. The highest BCUT2D eigenvalue weighted by Crippen LogP contribution is 2.43. The molecule has 1 aliphatic heterocycles. The predicted molar refractivity (Wildman–Crippen MR) is 129 cm³/mol. The summed E-state index contributed by atoms with van der Waals surface area (Å²) in [6.45, 7) is 0.158. The van der Waals surface area contributed by atoms with E-state index >= 15 is 0 Å². The van der Waals surface area contributed by atoms with Crippen LogP contribution in [-0.4, -0.2) is 40.6 Å². The Hall–Kier alpha value is -3.78. The Labute approximate surface area is 199 Å². The number of carbonyl (C=O) groups is 1. The van der Waals surface area contributed by atoms with Crippen molar-refractivity contribution in [2.45, 2.75) is 11.9 Å². The summed E-state index contributed by atoms with van der Waals surface area (Å²) in [5.74, 6) is 0.529. The molecule has 1 fully saturated rings. The molecule has 1 saturated heterocycles. The molecule has 4 rings (SSSR count). The zero-order chi connectivity index (χ0) is 24.3. The van der Waals surface area contributed by atoms with E-state index in [4.69, 9.17) is 14.2 Å². The molecular formula is C26H25NO6S. The van der Waals surface area contributed by atoms with Crippen LogP contribution in [0.1, 0.15) is 22.1 Å². The standard InChI is InChI=1S/C26H25NO6S/c1-31-21-14-19(15-22(32-2)24(21)33-3)16-23-25(28)27(17-18-10-6-4-7-11-18)26(34(23,29)30)20-12-8-5-9-13-20/h4-16,26H,17H2,1-3H3/b23-16+. The van der Waals surface area contributed by atoms with Crippen LogP contribution in [0.15, 0.2) is 77.7 Å². The van der Waals surface area contributed by atoms with Gasteiger partial charge in [-0.3, -0.25) is 4.79 Å². The molecule has 3 aromatic carbocycles. The van der Waals surface area contributed by atoms with E-state index in [9.17, 15) is 13.2 Å². The topological polar surface area (TPSA) is 82.1 Å². The largest absolute Gasteiger partial charge is 0.493 e. The summed E-state index contributed by atoms with van der Waals surface area (Å²) in [6.07, 6.45) is 1.36. The van der Waals surface area contributed by atoms with Gasteiger partial charge in [0.1, 0.15) is 4.91 Å². The zero-order valence-electron chi connectivity index (χ0n) is 19.1. The van der Waals surface area contributed by atoms with Crippen molar-refractivity contribution in [1.29, 1.82) is 0 Å². The molecule has 0 spiro atoms. The zero-order valence-corrected chi connectivity index (χ0v) is 19.9. The number of rotatable bonds is 7. The summed E-state index contributed by atoms with van der Waals surface area (Å²) in [5, 5.41) is -1.13. The molecular weight excluding hydrogens is 454 g/mol. The van der Waals surface area contributed by atoms with E-state index in [1.165, 1.54) is 32.3 Å². The molecule has 0 radical (unpaired) electrons. The van der Waals surface area contributed by atoms with Crippen LogP contribution in [0.25, 0.3) is 6.08 Å². The van der Waals surface area contributed by atoms with Gasteiger partial charge in [-0.05, 0) is 34.9 Å². The van der Waals surface area contributed by atoms with Crippen molar-refractivity contribution in [2.75, 3.05) is 21.3 Å². The van der Waals surface area contributed by atoms with E-state index in [-0.39, 0.29) is 11.4 Å². The number of nitrogens with zero attached hydrogens (tertiary/aromatic N) is 1. The first-order valence-corrected chi connectivity index (χ1v) is 12.1. The molecule has 1 aliphatic rings. The Kier molecular flexibility index (Phi) is 6.61. The fourth-order valence-electron chi connectivity index (χ4n) is 4.05. The second-order valence-electron chi connectivity index (χ2n) is 7.69. The monoisotopic (exact) mass is 479 g/mol. The molecule has 176 valence electrons. The van der Waals surface area contributed by atoms with Crippen LogP contribution in [0.2, 0.25) is 0 Å². The highest BCUT2D eigenvalue weighted by Gasteiger charge is 2.49. The third-order valence-electron chi connectivity index (χ3n) is 5.62. The molecule has 0 aliphatic carbocycles. The quantitative estimate of drug-likeness (QED) is 0.472. The summed E-state index contributed by atoms with van der Waals surface area (Å²) in [6, 6.07) is 21.3. The second kappa shape index (κ2) is 9.61. The van der Waals surface area contributed by atoms with Gasteiger partial charge in [-0.2, -0.15) is 0 Å². The number of hydrogen-bond acceptors (Lipinski definition) is 6. The van der Waals surface area contributed by atoms with Crippen molar-refractivity contribution in [1.82, 2.24) is 4.90 Å². The van der Waals surface area contributed by atoms with Crippen LogP contribution >= 0.6 is 0 Å². The second-order valence-corrected chi connectivity index (χ2v) is 9.67.